The van der Waals surface area contributed by atoms with E-state index in [9.17, 15) is 5.11 Å². The third kappa shape index (κ3) is 3.90. The van der Waals surface area contributed by atoms with Crippen LogP contribution in [0.1, 0.15) is 23.6 Å². The van der Waals surface area contributed by atoms with Gasteiger partial charge in [-0.3, -0.25) is 0 Å². The van der Waals surface area contributed by atoms with Gasteiger partial charge in [0.1, 0.15) is 6.61 Å². The molecule has 2 aromatic rings. The molecule has 0 amide bonds. The molecule has 0 bridgehead atoms. The van der Waals surface area contributed by atoms with Gasteiger partial charge in [-0.2, -0.15) is 0 Å². The summed E-state index contributed by atoms with van der Waals surface area (Å²) in [5.41, 5.74) is 2.70. The number of hydrogen-bond acceptors (Lipinski definition) is 3. The predicted octanol–water partition coefficient (Wildman–Crippen LogP) is 4.12. The Labute approximate surface area is 130 Å². The predicted molar refractivity (Wildman–Crippen MR) is 84.1 cm³/mol. The molecule has 2 aromatic carbocycles. The van der Waals surface area contributed by atoms with Gasteiger partial charge < -0.3 is 14.6 Å². The Kier molecular flexibility index (Phi) is 5.48. The molecule has 4 heteroatoms. The van der Waals surface area contributed by atoms with E-state index in [2.05, 4.69) is 0 Å². The van der Waals surface area contributed by atoms with Crippen molar-refractivity contribution in [2.75, 3.05) is 6.61 Å². The molecule has 0 saturated carbocycles. The molecule has 0 fully saturated rings. The Balaban J connectivity index is 2.22. The van der Waals surface area contributed by atoms with Gasteiger partial charge in [-0.25, -0.2) is 0 Å². The minimum Gasteiger partial charge on any atom is -0.490 e. The second-order valence-corrected chi connectivity index (χ2v) is 5.13. The van der Waals surface area contributed by atoms with Crippen molar-refractivity contribution in [3.8, 4) is 11.5 Å². The zero-order valence-corrected chi connectivity index (χ0v) is 13.0. The SMILES string of the molecule is CCOc1cccc(CO)c1OCc1ccc(C)cc1Cl. The number of ether oxygens (including phenoxy) is 2. The van der Waals surface area contributed by atoms with Gasteiger partial charge in [-0.15, -0.1) is 0 Å². The Bertz CT molecular complexity index is 611. The summed E-state index contributed by atoms with van der Waals surface area (Å²) in [6.45, 7) is 4.67. The van der Waals surface area contributed by atoms with Gasteiger partial charge in [-0.05, 0) is 31.5 Å². The van der Waals surface area contributed by atoms with Crippen LogP contribution in [0.5, 0.6) is 11.5 Å². The van der Waals surface area contributed by atoms with Crippen molar-refractivity contribution in [3.05, 3.63) is 58.1 Å². The summed E-state index contributed by atoms with van der Waals surface area (Å²) in [5, 5.41) is 10.1. The highest BCUT2D eigenvalue weighted by Gasteiger charge is 2.11. The molecule has 3 nitrogen and oxygen atoms in total. The van der Waals surface area contributed by atoms with E-state index < -0.39 is 0 Å². The van der Waals surface area contributed by atoms with Crippen LogP contribution in [0.3, 0.4) is 0 Å². The summed E-state index contributed by atoms with van der Waals surface area (Å²) in [5.74, 6) is 1.20. The van der Waals surface area contributed by atoms with Gasteiger partial charge in [0, 0.05) is 16.1 Å². The van der Waals surface area contributed by atoms with Gasteiger partial charge in [0.15, 0.2) is 11.5 Å². The summed E-state index contributed by atoms with van der Waals surface area (Å²) in [7, 11) is 0. The lowest BCUT2D eigenvalue weighted by Crippen LogP contribution is -2.03. The lowest BCUT2D eigenvalue weighted by atomic mass is 10.1. The number of aliphatic hydroxyl groups excluding tert-OH is 1. The van der Waals surface area contributed by atoms with E-state index in [1.807, 2.05) is 50.2 Å². The molecule has 0 radical (unpaired) electrons. The smallest absolute Gasteiger partial charge is 0.167 e. The van der Waals surface area contributed by atoms with Crippen LogP contribution < -0.4 is 9.47 Å². The van der Waals surface area contributed by atoms with E-state index in [4.69, 9.17) is 21.1 Å². The van der Waals surface area contributed by atoms with Crippen molar-refractivity contribution in [3.63, 3.8) is 0 Å². The quantitative estimate of drug-likeness (QED) is 0.872. The van der Waals surface area contributed by atoms with Crippen LogP contribution in [0.2, 0.25) is 5.02 Å². The number of hydrogen-bond donors (Lipinski definition) is 1. The number of halogens is 1. The summed E-state index contributed by atoms with van der Waals surface area (Å²) in [6, 6.07) is 11.3. The summed E-state index contributed by atoms with van der Waals surface area (Å²) < 4.78 is 11.4. The fourth-order valence-electron chi connectivity index (χ4n) is 2.04. The van der Waals surface area contributed by atoms with E-state index in [-0.39, 0.29) is 6.61 Å². The van der Waals surface area contributed by atoms with Crippen LogP contribution in [-0.2, 0) is 13.2 Å². The second kappa shape index (κ2) is 7.34. The first kappa shape index (κ1) is 15.7. The molecule has 0 aliphatic heterocycles. The monoisotopic (exact) mass is 306 g/mol. The number of aliphatic hydroxyl groups is 1. The number of rotatable bonds is 6. The van der Waals surface area contributed by atoms with Gasteiger partial charge in [0.2, 0.25) is 0 Å². The fourth-order valence-corrected chi connectivity index (χ4v) is 2.33. The van der Waals surface area contributed by atoms with Gasteiger partial charge in [-0.1, -0.05) is 35.9 Å². The minimum absolute atomic E-state index is 0.0993. The Morgan fingerprint density at radius 1 is 1.10 bits per heavy atom. The van der Waals surface area contributed by atoms with Crippen LogP contribution in [0.15, 0.2) is 36.4 Å². The van der Waals surface area contributed by atoms with Crippen LogP contribution >= 0.6 is 11.6 Å². The highest BCUT2D eigenvalue weighted by molar-refractivity contribution is 6.31. The zero-order chi connectivity index (χ0) is 15.2. The highest BCUT2D eigenvalue weighted by Crippen LogP contribution is 2.32. The molecule has 0 aliphatic carbocycles. The molecule has 1 N–H and O–H groups in total. The topological polar surface area (TPSA) is 38.7 Å². The lowest BCUT2D eigenvalue weighted by Gasteiger charge is -2.15. The summed E-state index contributed by atoms with van der Waals surface area (Å²) >= 11 is 6.21. The molecule has 0 atom stereocenters. The zero-order valence-electron chi connectivity index (χ0n) is 12.2. The molecule has 0 spiro atoms. The van der Waals surface area contributed by atoms with E-state index >= 15 is 0 Å². The molecule has 21 heavy (non-hydrogen) atoms. The van der Waals surface area contributed by atoms with Crippen molar-refractivity contribution >= 4 is 11.6 Å². The third-order valence-corrected chi connectivity index (χ3v) is 3.46. The number of aryl methyl sites for hydroxylation is 1. The maximum Gasteiger partial charge on any atom is 0.167 e. The minimum atomic E-state index is -0.0993. The van der Waals surface area contributed by atoms with Crippen LogP contribution in [0.25, 0.3) is 0 Å². The van der Waals surface area contributed by atoms with Crippen molar-refractivity contribution in [1.82, 2.24) is 0 Å². The number of para-hydroxylation sites is 1. The van der Waals surface area contributed by atoms with Crippen molar-refractivity contribution in [2.24, 2.45) is 0 Å². The first-order chi connectivity index (χ1) is 10.2. The molecule has 0 aliphatic rings. The largest absolute Gasteiger partial charge is 0.490 e. The average molecular weight is 307 g/mol. The Morgan fingerprint density at radius 3 is 2.57 bits per heavy atom. The summed E-state index contributed by atoms with van der Waals surface area (Å²) in [6.07, 6.45) is 0. The molecular formula is C17H19ClO3. The van der Waals surface area contributed by atoms with E-state index in [0.29, 0.717) is 35.3 Å². The Morgan fingerprint density at radius 2 is 1.90 bits per heavy atom. The summed E-state index contributed by atoms with van der Waals surface area (Å²) in [4.78, 5) is 0. The highest BCUT2D eigenvalue weighted by atomic mass is 35.5. The Hall–Kier alpha value is -1.71. The van der Waals surface area contributed by atoms with E-state index in [0.717, 1.165) is 11.1 Å². The molecule has 0 unspecified atom stereocenters. The van der Waals surface area contributed by atoms with Gasteiger partial charge in [0.05, 0.1) is 13.2 Å². The van der Waals surface area contributed by atoms with Crippen molar-refractivity contribution in [1.29, 1.82) is 0 Å². The van der Waals surface area contributed by atoms with Crippen LogP contribution in [0, 0.1) is 6.92 Å². The van der Waals surface area contributed by atoms with E-state index in [1.54, 1.807) is 0 Å². The maximum atomic E-state index is 9.44. The van der Waals surface area contributed by atoms with Crippen molar-refractivity contribution < 1.29 is 14.6 Å². The molecule has 112 valence electrons. The molecule has 0 heterocycles. The van der Waals surface area contributed by atoms with E-state index in [1.165, 1.54) is 0 Å². The fraction of sp³-hybridized carbons (Fsp3) is 0.294. The average Bonchev–Trinajstić information content (AvgIpc) is 2.47. The van der Waals surface area contributed by atoms with Gasteiger partial charge >= 0.3 is 0 Å². The normalized spacial score (nSPS) is 10.5. The first-order valence-corrected chi connectivity index (χ1v) is 7.27. The maximum absolute atomic E-state index is 9.44. The van der Waals surface area contributed by atoms with Crippen LogP contribution in [0.4, 0.5) is 0 Å². The molecule has 0 aromatic heterocycles. The third-order valence-electron chi connectivity index (χ3n) is 3.11. The van der Waals surface area contributed by atoms with Crippen LogP contribution in [-0.4, -0.2) is 11.7 Å². The van der Waals surface area contributed by atoms with Crippen molar-refractivity contribution in [2.45, 2.75) is 27.1 Å². The first-order valence-electron chi connectivity index (χ1n) is 6.89. The second-order valence-electron chi connectivity index (χ2n) is 4.72. The molecular weight excluding hydrogens is 288 g/mol. The lowest BCUT2D eigenvalue weighted by molar-refractivity contribution is 0.243. The number of benzene rings is 2. The molecule has 0 saturated heterocycles. The standard InChI is InChI=1S/C17H19ClO3/c1-3-20-16-6-4-5-13(10-19)17(16)21-11-14-8-7-12(2)9-15(14)18/h4-9,19H,3,10-11H2,1-2H3. The van der Waals surface area contributed by atoms with Gasteiger partial charge in [0.25, 0.3) is 0 Å². The molecule has 2 rings (SSSR count).